The highest BCUT2D eigenvalue weighted by molar-refractivity contribution is 4.72. The van der Waals surface area contributed by atoms with Crippen molar-refractivity contribution in [2.45, 2.75) is 38.7 Å². The number of aliphatic hydroxyl groups is 1. The SMILES string of the molecule is CCC(O)CNCC1CCC1. The second kappa shape index (κ2) is 4.73. The molecule has 0 aromatic rings. The molecule has 66 valence electrons. The van der Waals surface area contributed by atoms with E-state index in [4.69, 9.17) is 0 Å². The van der Waals surface area contributed by atoms with Crippen LogP contribution >= 0.6 is 0 Å². The Morgan fingerprint density at radius 1 is 1.55 bits per heavy atom. The molecule has 1 saturated carbocycles. The van der Waals surface area contributed by atoms with Crippen molar-refractivity contribution in [3.05, 3.63) is 0 Å². The maximum Gasteiger partial charge on any atom is 0.0662 e. The van der Waals surface area contributed by atoms with Crippen molar-refractivity contribution in [2.75, 3.05) is 13.1 Å². The van der Waals surface area contributed by atoms with Crippen molar-refractivity contribution >= 4 is 0 Å². The lowest BCUT2D eigenvalue weighted by Crippen LogP contribution is -2.32. The van der Waals surface area contributed by atoms with Gasteiger partial charge in [-0.1, -0.05) is 13.3 Å². The minimum atomic E-state index is -0.143. The first-order chi connectivity index (χ1) is 5.33. The number of hydrogen-bond donors (Lipinski definition) is 2. The summed E-state index contributed by atoms with van der Waals surface area (Å²) < 4.78 is 0. The summed E-state index contributed by atoms with van der Waals surface area (Å²) in [5, 5.41) is 12.5. The molecule has 1 atom stereocenters. The van der Waals surface area contributed by atoms with Crippen LogP contribution in [0.5, 0.6) is 0 Å². The number of aliphatic hydroxyl groups excluding tert-OH is 1. The zero-order valence-corrected chi connectivity index (χ0v) is 7.34. The fraction of sp³-hybridized carbons (Fsp3) is 1.00. The highest BCUT2D eigenvalue weighted by atomic mass is 16.3. The molecule has 11 heavy (non-hydrogen) atoms. The van der Waals surface area contributed by atoms with Crippen LogP contribution in [0.1, 0.15) is 32.6 Å². The quantitative estimate of drug-likeness (QED) is 0.627. The molecule has 1 fully saturated rings. The van der Waals surface area contributed by atoms with Crippen molar-refractivity contribution in [3.8, 4) is 0 Å². The summed E-state index contributed by atoms with van der Waals surface area (Å²) in [5.74, 6) is 0.902. The van der Waals surface area contributed by atoms with Gasteiger partial charge in [0.25, 0.3) is 0 Å². The summed E-state index contributed by atoms with van der Waals surface area (Å²) >= 11 is 0. The molecule has 2 heteroatoms. The van der Waals surface area contributed by atoms with Crippen molar-refractivity contribution in [2.24, 2.45) is 5.92 Å². The molecular formula is C9H19NO. The average molecular weight is 157 g/mol. The topological polar surface area (TPSA) is 32.3 Å². The van der Waals surface area contributed by atoms with Gasteiger partial charge < -0.3 is 10.4 Å². The van der Waals surface area contributed by atoms with E-state index < -0.39 is 0 Å². The minimum absolute atomic E-state index is 0.143. The smallest absolute Gasteiger partial charge is 0.0662 e. The monoisotopic (exact) mass is 157 g/mol. The van der Waals surface area contributed by atoms with Crippen LogP contribution in [-0.4, -0.2) is 24.3 Å². The highest BCUT2D eigenvalue weighted by Crippen LogP contribution is 2.24. The summed E-state index contributed by atoms with van der Waals surface area (Å²) in [6, 6.07) is 0. The van der Waals surface area contributed by atoms with Crippen LogP contribution < -0.4 is 5.32 Å². The van der Waals surface area contributed by atoms with Crippen LogP contribution in [0, 0.1) is 5.92 Å². The molecule has 1 rings (SSSR count). The van der Waals surface area contributed by atoms with Crippen molar-refractivity contribution < 1.29 is 5.11 Å². The molecule has 2 nitrogen and oxygen atoms in total. The second-order valence-electron chi connectivity index (χ2n) is 3.52. The molecule has 0 amide bonds. The Balaban J connectivity index is 1.86. The van der Waals surface area contributed by atoms with Gasteiger partial charge in [-0.25, -0.2) is 0 Å². The van der Waals surface area contributed by atoms with Gasteiger partial charge >= 0.3 is 0 Å². The molecule has 1 aliphatic carbocycles. The summed E-state index contributed by atoms with van der Waals surface area (Å²) in [7, 11) is 0. The third-order valence-electron chi connectivity index (χ3n) is 2.51. The van der Waals surface area contributed by atoms with E-state index in [1.165, 1.54) is 19.3 Å². The Labute approximate surface area is 69.0 Å². The number of hydrogen-bond acceptors (Lipinski definition) is 2. The Morgan fingerprint density at radius 3 is 2.73 bits per heavy atom. The molecule has 0 aromatic heterocycles. The molecule has 0 aromatic carbocycles. The van der Waals surface area contributed by atoms with E-state index in [1.807, 2.05) is 6.92 Å². The Hall–Kier alpha value is -0.0800. The zero-order chi connectivity index (χ0) is 8.10. The van der Waals surface area contributed by atoms with Crippen LogP contribution in [0.3, 0.4) is 0 Å². The molecule has 0 heterocycles. The molecule has 0 radical (unpaired) electrons. The predicted octanol–water partition coefficient (Wildman–Crippen LogP) is 1.15. The second-order valence-corrected chi connectivity index (χ2v) is 3.52. The van der Waals surface area contributed by atoms with Crippen LogP contribution in [0.25, 0.3) is 0 Å². The van der Waals surface area contributed by atoms with Gasteiger partial charge in [0.2, 0.25) is 0 Å². The lowest BCUT2D eigenvalue weighted by Gasteiger charge is -2.25. The first-order valence-electron chi connectivity index (χ1n) is 4.71. The third-order valence-corrected chi connectivity index (χ3v) is 2.51. The number of rotatable bonds is 5. The third kappa shape index (κ3) is 3.21. The maximum atomic E-state index is 9.20. The van der Waals surface area contributed by atoms with Gasteiger partial charge in [0.15, 0.2) is 0 Å². The fourth-order valence-corrected chi connectivity index (χ4v) is 1.30. The first-order valence-corrected chi connectivity index (χ1v) is 4.71. The van der Waals surface area contributed by atoms with E-state index in [1.54, 1.807) is 0 Å². The van der Waals surface area contributed by atoms with Crippen LogP contribution in [-0.2, 0) is 0 Å². The normalized spacial score (nSPS) is 21.3. The van der Waals surface area contributed by atoms with Crippen LogP contribution in [0.2, 0.25) is 0 Å². The lowest BCUT2D eigenvalue weighted by molar-refractivity contribution is 0.162. The van der Waals surface area contributed by atoms with E-state index in [0.29, 0.717) is 0 Å². The van der Waals surface area contributed by atoms with Gasteiger partial charge in [0.05, 0.1) is 6.10 Å². The average Bonchev–Trinajstić information content (AvgIpc) is 1.94. The van der Waals surface area contributed by atoms with Gasteiger partial charge in [0.1, 0.15) is 0 Å². The van der Waals surface area contributed by atoms with Gasteiger partial charge in [-0.05, 0) is 31.7 Å². The Kier molecular flexibility index (Phi) is 3.87. The lowest BCUT2D eigenvalue weighted by atomic mass is 9.85. The van der Waals surface area contributed by atoms with Crippen LogP contribution in [0.4, 0.5) is 0 Å². The summed E-state index contributed by atoms with van der Waals surface area (Å²) in [5.41, 5.74) is 0. The van der Waals surface area contributed by atoms with E-state index in [-0.39, 0.29) is 6.10 Å². The van der Waals surface area contributed by atoms with E-state index in [9.17, 15) is 5.11 Å². The Morgan fingerprint density at radius 2 is 2.27 bits per heavy atom. The predicted molar refractivity (Wildman–Crippen MR) is 46.5 cm³/mol. The molecule has 0 saturated heterocycles. The van der Waals surface area contributed by atoms with Gasteiger partial charge in [-0.15, -0.1) is 0 Å². The number of nitrogens with one attached hydrogen (secondary N) is 1. The largest absolute Gasteiger partial charge is 0.392 e. The minimum Gasteiger partial charge on any atom is -0.392 e. The molecule has 0 spiro atoms. The standard InChI is InChI=1S/C9H19NO/c1-2-9(11)7-10-6-8-4-3-5-8/h8-11H,2-7H2,1H3. The van der Waals surface area contributed by atoms with E-state index in [2.05, 4.69) is 5.32 Å². The Bertz CT molecular complexity index is 97.0. The molecule has 1 aliphatic rings. The fourth-order valence-electron chi connectivity index (χ4n) is 1.30. The van der Waals surface area contributed by atoms with Gasteiger partial charge in [-0.2, -0.15) is 0 Å². The zero-order valence-electron chi connectivity index (χ0n) is 7.34. The molecule has 1 unspecified atom stereocenters. The van der Waals surface area contributed by atoms with Crippen molar-refractivity contribution in [3.63, 3.8) is 0 Å². The first kappa shape index (κ1) is 9.01. The van der Waals surface area contributed by atoms with E-state index >= 15 is 0 Å². The molecular weight excluding hydrogens is 138 g/mol. The van der Waals surface area contributed by atoms with E-state index in [0.717, 1.165) is 25.4 Å². The molecule has 0 aliphatic heterocycles. The van der Waals surface area contributed by atoms with Crippen molar-refractivity contribution in [1.29, 1.82) is 0 Å². The molecule has 0 bridgehead atoms. The van der Waals surface area contributed by atoms with Gasteiger partial charge in [-0.3, -0.25) is 0 Å². The summed E-state index contributed by atoms with van der Waals surface area (Å²) in [6.45, 7) is 3.89. The molecule has 2 N–H and O–H groups in total. The highest BCUT2D eigenvalue weighted by Gasteiger charge is 2.16. The maximum absolute atomic E-state index is 9.20. The summed E-state index contributed by atoms with van der Waals surface area (Å²) in [4.78, 5) is 0. The van der Waals surface area contributed by atoms with Crippen molar-refractivity contribution in [1.82, 2.24) is 5.32 Å². The van der Waals surface area contributed by atoms with Gasteiger partial charge in [0, 0.05) is 6.54 Å². The summed E-state index contributed by atoms with van der Waals surface area (Å²) in [6.07, 6.45) is 4.89. The van der Waals surface area contributed by atoms with Crippen LogP contribution in [0.15, 0.2) is 0 Å².